The number of fused-ring (bicyclic) bond motifs is 1. The second kappa shape index (κ2) is 5.60. The molecule has 0 aliphatic carbocycles. The van der Waals surface area contributed by atoms with Gasteiger partial charge in [0.05, 0.1) is 18.2 Å². The Kier molecular flexibility index (Phi) is 3.81. The molecule has 1 heterocycles. The van der Waals surface area contributed by atoms with Crippen LogP contribution in [-0.4, -0.2) is 7.11 Å². The zero-order valence-electron chi connectivity index (χ0n) is 11.3. The van der Waals surface area contributed by atoms with Crippen LogP contribution in [0.2, 0.25) is 10.0 Å². The quantitative estimate of drug-likeness (QED) is 0.754. The van der Waals surface area contributed by atoms with E-state index in [0.29, 0.717) is 27.1 Å². The van der Waals surface area contributed by atoms with Crippen molar-refractivity contribution in [3.63, 3.8) is 0 Å². The van der Waals surface area contributed by atoms with Crippen LogP contribution in [0.1, 0.15) is 17.4 Å². The summed E-state index contributed by atoms with van der Waals surface area (Å²) in [7, 11) is 1.59. The maximum atomic E-state index is 6.30. The molecule has 0 radical (unpaired) electrons. The summed E-state index contributed by atoms with van der Waals surface area (Å²) in [5.74, 6) is 1.28. The molecule has 0 saturated carbocycles. The molecule has 0 amide bonds. The largest absolute Gasteiger partial charge is 0.496 e. The SMILES string of the molecule is COc1ccc(Cl)cc1C(N)c1cc2cccc(Cl)c2o1. The molecule has 21 heavy (non-hydrogen) atoms. The van der Waals surface area contributed by atoms with Crippen molar-refractivity contribution >= 4 is 34.2 Å². The number of hydrogen-bond acceptors (Lipinski definition) is 3. The van der Waals surface area contributed by atoms with E-state index in [9.17, 15) is 0 Å². The van der Waals surface area contributed by atoms with Crippen LogP contribution in [0.15, 0.2) is 46.9 Å². The van der Waals surface area contributed by atoms with Gasteiger partial charge >= 0.3 is 0 Å². The second-order valence-corrected chi connectivity index (χ2v) is 5.51. The van der Waals surface area contributed by atoms with Gasteiger partial charge in [-0.05, 0) is 30.3 Å². The summed E-state index contributed by atoms with van der Waals surface area (Å²) in [5, 5.41) is 2.06. The normalized spacial score (nSPS) is 12.6. The molecule has 1 unspecified atom stereocenters. The van der Waals surface area contributed by atoms with E-state index in [2.05, 4.69) is 0 Å². The highest BCUT2D eigenvalue weighted by Gasteiger charge is 2.19. The van der Waals surface area contributed by atoms with E-state index < -0.39 is 6.04 Å². The molecule has 0 spiro atoms. The van der Waals surface area contributed by atoms with Crippen LogP contribution in [0.4, 0.5) is 0 Å². The Bertz CT molecular complexity index is 798. The molecule has 0 aliphatic heterocycles. The van der Waals surface area contributed by atoms with Gasteiger partial charge in [0.25, 0.3) is 0 Å². The number of halogens is 2. The first kappa shape index (κ1) is 14.3. The molecular weight excluding hydrogens is 309 g/mol. The molecule has 1 atom stereocenters. The van der Waals surface area contributed by atoms with Gasteiger partial charge in [0.2, 0.25) is 0 Å². The zero-order valence-corrected chi connectivity index (χ0v) is 12.8. The van der Waals surface area contributed by atoms with Crippen molar-refractivity contribution in [3.8, 4) is 5.75 Å². The van der Waals surface area contributed by atoms with Gasteiger partial charge in [0.15, 0.2) is 5.58 Å². The van der Waals surface area contributed by atoms with E-state index >= 15 is 0 Å². The molecule has 0 aliphatic rings. The Morgan fingerprint density at radius 3 is 2.67 bits per heavy atom. The van der Waals surface area contributed by atoms with Gasteiger partial charge in [0.1, 0.15) is 11.5 Å². The third kappa shape index (κ3) is 2.60. The summed E-state index contributed by atoms with van der Waals surface area (Å²) in [6, 6.07) is 12.3. The highest BCUT2D eigenvalue weighted by atomic mass is 35.5. The zero-order chi connectivity index (χ0) is 15.0. The van der Waals surface area contributed by atoms with Crippen molar-refractivity contribution in [1.29, 1.82) is 0 Å². The molecule has 2 N–H and O–H groups in total. The summed E-state index contributed by atoms with van der Waals surface area (Å²) in [6.07, 6.45) is 0. The van der Waals surface area contributed by atoms with E-state index in [1.165, 1.54) is 0 Å². The lowest BCUT2D eigenvalue weighted by molar-refractivity contribution is 0.404. The summed E-state index contributed by atoms with van der Waals surface area (Å²) < 4.78 is 11.1. The van der Waals surface area contributed by atoms with Gasteiger partial charge in [-0.3, -0.25) is 0 Å². The van der Waals surface area contributed by atoms with Crippen molar-refractivity contribution in [1.82, 2.24) is 0 Å². The molecule has 2 aromatic carbocycles. The van der Waals surface area contributed by atoms with Gasteiger partial charge in [-0.15, -0.1) is 0 Å². The molecule has 1 aromatic heterocycles. The molecule has 0 saturated heterocycles. The molecule has 3 nitrogen and oxygen atoms in total. The summed E-state index contributed by atoms with van der Waals surface area (Å²) in [5.41, 5.74) is 7.69. The first-order valence-electron chi connectivity index (χ1n) is 6.37. The maximum Gasteiger partial charge on any atom is 0.152 e. The average molecular weight is 322 g/mol. The van der Waals surface area contributed by atoms with Gasteiger partial charge in [-0.25, -0.2) is 0 Å². The minimum Gasteiger partial charge on any atom is -0.496 e. The third-order valence-corrected chi connectivity index (χ3v) is 3.88. The van der Waals surface area contributed by atoms with E-state index in [1.54, 1.807) is 31.4 Å². The lowest BCUT2D eigenvalue weighted by Crippen LogP contribution is -2.12. The third-order valence-electron chi connectivity index (χ3n) is 3.35. The van der Waals surface area contributed by atoms with Crippen LogP contribution < -0.4 is 10.5 Å². The van der Waals surface area contributed by atoms with Crippen LogP contribution >= 0.6 is 23.2 Å². The van der Waals surface area contributed by atoms with E-state index in [1.807, 2.05) is 18.2 Å². The van der Waals surface area contributed by atoms with Crippen LogP contribution in [0, 0.1) is 0 Å². The predicted octanol–water partition coefficient (Wildman–Crippen LogP) is 4.80. The fraction of sp³-hybridized carbons (Fsp3) is 0.125. The van der Waals surface area contributed by atoms with E-state index in [0.717, 1.165) is 10.9 Å². The van der Waals surface area contributed by atoms with Gasteiger partial charge in [-0.1, -0.05) is 35.3 Å². The Morgan fingerprint density at radius 2 is 1.95 bits per heavy atom. The molecule has 3 aromatic rings. The maximum absolute atomic E-state index is 6.30. The lowest BCUT2D eigenvalue weighted by atomic mass is 10.0. The second-order valence-electron chi connectivity index (χ2n) is 4.67. The van der Waals surface area contributed by atoms with Crippen LogP contribution in [0.5, 0.6) is 5.75 Å². The summed E-state index contributed by atoms with van der Waals surface area (Å²) in [4.78, 5) is 0. The summed E-state index contributed by atoms with van der Waals surface area (Å²) >= 11 is 12.2. The number of methoxy groups -OCH3 is 1. The lowest BCUT2D eigenvalue weighted by Gasteiger charge is -2.14. The number of hydrogen-bond donors (Lipinski definition) is 1. The molecule has 0 fully saturated rings. The smallest absolute Gasteiger partial charge is 0.152 e. The fourth-order valence-corrected chi connectivity index (χ4v) is 2.70. The highest BCUT2D eigenvalue weighted by molar-refractivity contribution is 6.34. The molecule has 5 heteroatoms. The van der Waals surface area contributed by atoms with Crippen LogP contribution in [0.3, 0.4) is 0 Å². The average Bonchev–Trinajstić information content (AvgIpc) is 2.92. The van der Waals surface area contributed by atoms with Crippen molar-refractivity contribution in [2.75, 3.05) is 7.11 Å². The monoisotopic (exact) mass is 321 g/mol. The minimum atomic E-state index is -0.484. The molecule has 3 rings (SSSR count). The number of rotatable bonds is 3. The number of para-hydroxylation sites is 1. The van der Waals surface area contributed by atoms with Gasteiger partial charge < -0.3 is 14.9 Å². The molecule has 0 bridgehead atoms. The predicted molar refractivity (Wildman–Crippen MR) is 85.3 cm³/mol. The Labute approximate surface area is 132 Å². The number of nitrogens with two attached hydrogens (primary N) is 1. The molecular formula is C16H13Cl2NO2. The van der Waals surface area contributed by atoms with Crippen molar-refractivity contribution in [2.24, 2.45) is 5.73 Å². The topological polar surface area (TPSA) is 48.4 Å². The van der Waals surface area contributed by atoms with Crippen LogP contribution in [-0.2, 0) is 0 Å². The number of furan rings is 1. The van der Waals surface area contributed by atoms with Crippen molar-refractivity contribution in [2.45, 2.75) is 6.04 Å². The Hall–Kier alpha value is -1.68. The Morgan fingerprint density at radius 1 is 1.14 bits per heavy atom. The molecule has 108 valence electrons. The van der Waals surface area contributed by atoms with Crippen molar-refractivity contribution in [3.05, 3.63) is 63.8 Å². The number of benzene rings is 2. The fourth-order valence-electron chi connectivity index (χ4n) is 2.30. The first-order valence-corrected chi connectivity index (χ1v) is 7.12. The van der Waals surface area contributed by atoms with E-state index in [-0.39, 0.29) is 0 Å². The first-order chi connectivity index (χ1) is 10.1. The van der Waals surface area contributed by atoms with Crippen LogP contribution in [0.25, 0.3) is 11.0 Å². The number of ether oxygens (including phenoxy) is 1. The minimum absolute atomic E-state index is 0.484. The van der Waals surface area contributed by atoms with Gasteiger partial charge in [0, 0.05) is 16.0 Å². The standard InChI is InChI=1S/C16H13Cl2NO2/c1-20-13-6-5-10(17)8-11(13)15(19)14-7-9-3-2-4-12(18)16(9)21-14/h2-8,15H,19H2,1H3. The van der Waals surface area contributed by atoms with Gasteiger partial charge in [-0.2, -0.15) is 0 Å². The summed E-state index contributed by atoms with van der Waals surface area (Å²) in [6.45, 7) is 0. The van der Waals surface area contributed by atoms with E-state index in [4.69, 9.17) is 38.1 Å². The highest BCUT2D eigenvalue weighted by Crippen LogP contribution is 2.35. The Balaban J connectivity index is 2.10. The van der Waals surface area contributed by atoms with Crippen molar-refractivity contribution < 1.29 is 9.15 Å².